The molecular formula is C22H21ClN2O4. The summed E-state index contributed by atoms with van der Waals surface area (Å²) in [5.41, 5.74) is 2.67. The molecule has 0 amide bonds. The lowest BCUT2D eigenvalue weighted by Gasteiger charge is -2.14. The number of halogens is 1. The number of rotatable bonds is 7. The summed E-state index contributed by atoms with van der Waals surface area (Å²) in [5.74, 6) is -0.851. The SMILES string of the molecule is CCCOC(=O)c1ccc(Nc2c(C(=O)OCC)cnc3ccc(Cl)cc23)cc1. The summed E-state index contributed by atoms with van der Waals surface area (Å²) in [6.07, 6.45) is 2.24. The molecule has 6 nitrogen and oxygen atoms in total. The molecule has 0 saturated carbocycles. The Balaban J connectivity index is 1.97. The molecule has 0 unspecified atom stereocenters. The van der Waals surface area contributed by atoms with Gasteiger partial charge in [-0.05, 0) is 55.8 Å². The Morgan fingerprint density at radius 2 is 1.79 bits per heavy atom. The van der Waals surface area contributed by atoms with Crippen LogP contribution in [0.25, 0.3) is 10.9 Å². The van der Waals surface area contributed by atoms with Crippen LogP contribution in [0.5, 0.6) is 0 Å². The van der Waals surface area contributed by atoms with E-state index in [4.69, 9.17) is 21.1 Å². The second-order valence-corrected chi connectivity index (χ2v) is 6.70. The number of fused-ring (bicyclic) bond motifs is 1. The summed E-state index contributed by atoms with van der Waals surface area (Å²) < 4.78 is 10.3. The fourth-order valence-electron chi connectivity index (χ4n) is 2.78. The molecule has 1 heterocycles. The number of nitrogens with one attached hydrogen (secondary N) is 1. The normalized spacial score (nSPS) is 10.6. The molecule has 1 N–H and O–H groups in total. The van der Waals surface area contributed by atoms with Gasteiger partial charge >= 0.3 is 11.9 Å². The lowest BCUT2D eigenvalue weighted by atomic mass is 10.1. The molecule has 150 valence electrons. The minimum Gasteiger partial charge on any atom is -0.462 e. The van der Waals surface area contributed by atoms with Crippen LogP contribution in [0.1, 0.15) is 41.0 Å². The molecule has 0 atom stereocenters. The predicted molar refractivity (Wildman–Crippen MR) is 113 cm³/mol. The van der Waals surface area contributed by atoms with E-state index in [1.54, 1.807) is 49.4 Å². The van der Waals surface area contributed by atoms with Crippen molar-refractivity contribution in [1.29, 1.82) is 0 Å². The van der Waals surface area contributed by atoms with E-state index in [-0.39, 0.29) is 12.6 Å². The summed E-state index contributed by atoms with van der Waals surface area (Å²) >= 11 is 6.16. The lowest BCUT2D eigenvalue weighted by Crippen LogP contribution is -2.09. The van der Waals surface area contributed by atoms with Gasteiger partial charge in [-0.3, -0.25) is 4.98 Å². The van der Waals surface area contributed by atoms with Crippen LogP contribution >= 0.6 is 11.6 Å². The number of benzene rings is 2. The highest BCUT2D eigenvalue weighted by atomic mass is 35.5. The van der Waals surface area contributed by atoms with E-state index in [1.807, 2.05) is 6.92 Å². The van der Waals surface area contributed by atoms with E-state index in [9.17, 15) is 9.59 Å². The molecule has 29 heavy (non-hydrogen) atoms. The maximum Gasteiger partial charge on any atom is 0.341 e. The first-order chi connectivity index (χ1) is 14.0. The number of hydrogen-bond donors (Lipinski definition) is 1. The van der Waals surface area contributed by atoms with Crippen molar-refractivity contribution in [3.63, 3.8) is 0 Å². The molecule has 0 aliphatic heterocycles. The topological polar surface area (TPSA) is 77.5 Å². The molecule has 0 aliphatic carbocycles. The van der Waals surface area contributed by atoms with Crippen LogP contribution in [0.3, 0.4) is 0 Å². The summed E-state index contributed by atoms with van der Waals surface area (Å²) in [5, 5.41) is 4.45. The fourth-order valence-corrected chi connectivity index (χ4v) is 2.95. The zero-order valence-corrected chi connectivity index (χ0v) is 17.0. The van der Waals surface area contributed by atoms with Gasteiger partial charge in [0, 0.05) is 22.3 Å². The Morgan fingerprint density at radius 3 is 2.48 bits per heavy atom. The molecule has 0 radical (unpaired) electrons. The molecule has 0 bridgehead atoms. The quantitative estimate of drug-likeness (QED) is 0.525. The standard InChI is InChI=1S/C22H21ClN2O4/c1-3-11-29-21(26)14-5-8-16(9-6-14)25-20-17-12-15(23)7-10-19(17)24-13-18(20)22(27)28-4-2/h5-10,12-13H,3-4,11H2,1-2H3,(H,24,25). The van der Waals surface area contributed by atoms with Crippen LogP contribution in [-0.2, 0) is 9.47 Å². The Kier molecular flexibility index (Phi) is 6.67. The Morgan fingerprint density at radius 1 is 1.03 bits per heavy atom. The van der Waals surface area contributed by atoms with Crippen molar-refractivity contribution in [2.45, 2.75) is 20.3 Å². The highest BCUT2D eigenvalue weighted by Crippen LogP contribution is 2.31. The number of anilines is 2. The number of carbonyl (C=O) groups excluding carboxylic acids is 2. The predicted octanol–water partition coefficient (Wildman–Crippen LogP) is 5.38. The molecule has 2 aromatic carbocycles. The Labute approximate surface area is 173 Å². The molecular weight excluding hydrogens is 392 g/mol. The van der Waals surface area contributed by atoms with Gasteiger partial charge < -0.3 is 14.8 Å². The van der Waals surface area contributed by atoms with Gasteiger partial charge in [-0.15, -0.1) is 0 Å². The first-order valence-corrected chi connectivity index (χ1v) is 9.70. The summed E-state index contributed by atoms with van der Waals surface area (Å²) in [4.78, 5) is 28.7. The smallest absolute Gasteiger partial charge is 0.341 e. The molecule has 0 fully saturated rings. The Bertz CT molecular complexity index is 1030. The van der Waals surface area contributed by atoms with Crippen molar-refractivity contribution >= 4 is 45.8 Å². The number of pyridine rings is 1. The van der Waals surface area contributed by atoms with Crippen LogP contribution < -0.4 is 5.32 Å². The largest absolute Gasteiger partial charge is 0.462 e. The fraction of sp³-hybridized carbons (Fsp3) is 0.227. The third kappa shape index (κ3) is 4.84. The average Bonchev–Trinajstić information content (AvgIpc) is 2.73. The van der Waals surface area contributed by atoms with Crippen LogP contribution in [0, 0.1) is 0 Å². The van der Waals surface area contributed by atoms with Gasteiger partial charge in [0.05, 0.1) is 30.0 Å². The third-order valence-electron chi connectivity index (χ3n) is 4.15. The molecule has 7 heteroatoms. The first-order valence-electron chi connectivity index (χ1n) is 9.33. The van der Waals surface area contributed by atoms with Crippen LogP contribution in [0.15, 0.2) is 48.7 Å². The van der Waals surface area contributed by atoms with E-state index in [1.165, 1.54) is 6.20 Å². The summed E-state index contributed by atoms with van der Waals surface area (Å²) in [6, 6.07) is 12.1. The van der Waals surface area contributed by atoms with Gasteiger partial charge in [0.2, 0.25) is 0 Å². The van der Waals surface area contributed by atoms with Crippen molar-refractivity contribution in [2.75, 3.05) is 18.5 Å². The van der Waals surface area contributed by atoms with Crippen molar-refractivity contribution in [1.82, 2.24) is 4.98 Å². The summed E-state index contributed by atoms with van der Waals surface area (Å²) in [7, 11) is 0. The van der Waals surface area contributed by atoms with E-state index < -0.39 is 5.97 Å². The van der Waals surface area contributed by atoms with Crippen LogP contribution in [0.2, 0.25) is 5.02 Å². The molecule has 1 aromatic heterocycles. The van der Waals surface area contributed by atoms with E-state index in [0.29, 0.717) is 45.0 Å². The zero-order valence-electron chi connectivity index (χ0n) is 16.2. The van der Waals surface area contributed by atoms with Gasteiger partial charge in [0.25, 0.3) is 0 Å². The van der Waals surface area contributed by atoms with Gasteiger partial charge in [-0.25, -0.2) is 9.59 Å². The van der Waals surface area contributed by atoms with Crippen molar-refractivity contribution in [3.8, 4) is 0 Å². The maximum atomic E-state index is 12.4. The van der Waals surface area contributed by atoms with Gasteiger partial charge in [-0.1, -0.05) is 18.5 Å². The van der Waals surface area contributed by atoms with E-state index in [0.717, 1.165) is 6.42 Å². The van der Waals surface area contributed by atoms with E-state index >= 15 is 0 Å². The van der Waals surface area contributed by atoms with Crippen LogP contribution in [0.4, 0.5) is 11.4 Å². The molecule has 0 saturated heterocycles. The number of aromatic nitrogens is 1. The molecule has 0 aliphatic rings. The second kappa shape index (κ2) is 9.39. The number of hydrogen-bond acceptors (Lipinski definition) is 6. The second-order valence-electron chi connectivity index (χ2n) is 6.27. The monoisotopic (exact) mass is 412 g/mol. The Hall–Kier alpha value is -3.12. The minimum atomic E-state index is -0.482. The van der Waals surface area contributed by atoms with Gasteiger partial charge in [-0.2, -0.15) is 0 Å². The highest BCUT2D eigenvalue weighted by molar-refractivity contribution is 6.31. The van der Waals surface area contributed by atoms with Crippen molar-refractivity contribution in [3.05, 3.63) is 64.8 Å². The van der Waals surface area contributed by atoms with Crippen molar-refractivity contribution < 1.29 is 19.1 Å². The van der Waals surface area contributed by atoms with Gasteiger partial charge in [0.15, 0.2) is 0 Å². The number of nitrogens with zero attached hydrogens (tertiary/aromatic N) is 1. The lowest BCUT2D eigenvalue weighted by molar-refractivity contribution is 0.0501. The number of esters is 2. The number of carbonyl (C=O) groups is 2. The molecule has 3 aromatic rings. The van der Waals surface area contributed by atoms with E-state index in [2.05, 4.69) is 10.3 Å². The number of ether oxygens (including phenoxy) is 2. The minimum absolute atomic E-state index is 0.250. The molecule has 3 rings (SSSR count). The maximum absolute atomic E-state index is 12.4. The molecule has 0 spiro atoms. The third-order valence-corrected chi connectivity index (χ3v) is 4.39. The summed E-state index contributed by atoms with van der Waals surface area (Å²) in [6.45, 7) is 4.31. The van der Waals surface area contributed by atoms with Gasteiger partial charge in [0.1, 0.15) is 5.56 Å². The average molecular weight is 413 g/mol. The zero-order chi connectivity index (χ0) is 20.8. The highest BCUT2D eigenvalue weighted by Gasteiger charge is 2.17. The van der Waals surface area contributed by atoms with Crippen LogP contribution in [-0.4, -0.2) is 30.1 Å². The van der Waals surface area contributed by atoms with Crippen molar-refractivity contribution in [2.24, 2.45) is 0 Å². The first kappa shape index (κ1) is 20.6.